The van der Waals surface area contributed by atoms with Crippen LogP contribution in [0.5, 0.6) is 0 Å². The Kier molecular flexibility index (Phi) is 6.45. The number of hydrogen-bond acceptors (Lipinski definition) is 4. The Bertz CT molecular complexity index is 825. The van der Waals surface area contributed by atoms with Gasteiger partial charge in [0.25, 0.3) is 0 Å². The van der Waals surface area contributed by atoms with Crippen LogP contribution in [0.4, 0.5) is 0 Å². The van der Waals surface area contributed by atoms with Crippen LogP contribution < -0.4 is 0 Å². The molecule has 3 rings (SSSR count). The van der Waals surface area contributed by atoms with Crippen LogP contribution in [-0.2, 0) is 24.3 Å². The molecule has 0 amide bonds. The monoisotopic (exact) mass is 385 g/mol. The summed E-state index contributed by atoms with van der Waals surface area (Å²) in [5, 5.41) is 0. The van der Waals surface area contributed by atoms with Gasteiger partial charge in [-0.1, -0.05) is 56.4 Å². The van der Waals surface area contributed by atoms with E-state index in [1.807, 2.05) is 6.07 Å². The molecule has 0 radical (unpaired) electrons. The van der Waals surface area contributed by atoms with Crippen molar-refractivity contribution >= 4 is 12.2 Å². The molecular formula is C22H31N3OS. The molecule has 1 aromatic carbocycles. The molecule has 0 N–H and O–H groups in total. The van der Waals surface area contributed by atoms with Gasteiger partial charge in [0, 0.05) is 29.8 Å². The average Bonchev–Trinajstić information content (AvgIpc) is 2.66. The summed E-state index contributed by atoms with van der Waals surface area (Å²) in [5.41, 5.74) is 3.33. The highest BCUT2D eigenvalue weighted by Gasteiger charge is 2.30. The molecule has 0 saturated heterocycles. The zero-order chi connectivity index (χ0) is 19.4. The summed E-state index contributed by atoms with van der Waals surface area (Å²) in [7, 11) is 0. The lowest BCUT2D eigenvalue weighted by Gasteiger charge is -2.34. The summed E-state index contributed by atoms with van der Waals surface area (Å²) in [6, 6.07) is 10.4. The van der Waals surface area contributed by atoms with Crippen molar-refractivity contribution in [2.75, 3.05) is 19.6 Å². The summed E-state index contributed by atoms with van der Waals surface area (Å²) in [6.45, 7) is 13.5. The number of aromatic nitrogens is 2. The molecule has 0 spiro atoms. The van der Waals surface area contributed by atoms with Crippen molar-refractivity contribution in [1.29, 1.82) is 0 Å². The summed E-state index contributed by atoms with van der Waals surface area (Å²) in [4.78, 5) is 7.30. The Balaban J connectivity index is 2.03. The Morgan fingerprint density at radius 3 is 2.56 bits per heavy atom. The molecule has 0 fully saturated rings. The third kappa shape index (κ3) is 4.65. The van der Waals surface area contributed by atoms with E-state index in [-0.39, 0.29) is 5.60 Å². The van der Waals surface area contributed by atoms with Gasteiger partial charge in [-0.15, -0.1) is 0 Å². The highest BCUT2D eigenvalue weighted by atomic mass is 32.1. The molecule has 0 atom stereocenters. The van der Waals surface area contributed by atoms with Crippen molar-refractivity contribution < 1.29 is 4.74 Å². The summed E-state index contributed by atoms with van der Waals surface area (Å²) in [6.07, 6.45) is 1.96. The highest BCUT2D eigenvalue weighted by Crippen LogP contribution is 2.31. The van der Waals surface area contributed by atoms with Gasteiger partial charge in [0.15, 0.2) is 0 Å². The van der Waals surface area contributed by atoms with Gasteiger partial charge < -0.3 is 14.2 Å². The Labute approximate surface area is 168 Å². The molecule has 146 valence electrons. The lowest BCUT2D eigenvalue weighted by molar-refractivity contribution is -0.0428. The quantitative estimate of drug-likeness (QED) is 0.637. The number of hydrogen-bond donors (Lipinski definition) is 0. The molecule has 2 heterocycles. The number of benzene rings is 1. The summed E-state index contributed by atoms with van der Waals surface area (Å²) in [5.74, 6) is 0.983. The van der Waals surface area contributed by atoms with E-state index in [1.54, 1.807) is 0 Å². The molecule has 27 heavy (non-hydrogen) atoms. The maximum atomic E-state index is 6.02. The third-order valence-corrected chi connectivity index (χ3v) is 5.72. The minimum atomic E-state index is -0.176. The maximum absolute atomic E-state index is 6.02. The average molecular weight is 386 g/mol. The molecule has 0 saturated carbocycles. The van der Waals surface area contributed by atoms with Crippen LogP contribution in [-0.4, -0.2) is 39.7 Å². The lowest BCUT2D eigenvalue weighted by Crippen LogP contribution is -2.35. The van der Waals surface area contributed by atoms with Gasteiger partial charge in [0.1, 0.15) is 10.5 Å². The van der Waals surface area contributed by atoms with Gasteiger partial charge in [-0.25, -0.2) is 4.98 Å². The summed E-state index contributed by atoms with van der Waals surface area (Å²) < 4.78 is 9.10. The van der Waals surface area contributed by atoms with Crippen LogP contribution in [0.15, 0.2) is 30.3 Å². The smallest absolute Gasteiger partial charge is 0.141 e. The van der Waals surface area contributed by atoms with Crippen molar-refractivity contribution in [2.24, 2.45) is 0 Å². The topological polar surface area (TPSA) is 30.3 Å². The molecule has 5 heteroatoms. The first-order chi connectivity index (χ1) is 12.9. The van der Waals surface area contributed by atoms with E-state index in [2.05, 4.69) is 61.4 Å². The standard InChI is InChI=1S/C22H31N3OS/c1-5-24(6-2)13-10-14-25-19-15-22(3,4)26-16-18(19)21(27)23-20(25)17-11-8-7-9-12-17/h7-9,11-12H,5-6,10,13-16H2,1-4H3. The predicted octanol–water partition coefficient (Wildman–Crippen LogP) is 4.86. The normalized spacial score (nSPS) is 15.7. The number of rotatable bonds is 7. The Morgan fingerprint density at radius 1 is 1.19 bits per heavy atom. The van der Waals surface area contributed by atoms with Crippen molar-refractivity contribution in [1.82, 2.24) is 14.5 Å². The number of nitrogens with zero attached hydrogens (tertiary/aromatic N) is 3. The highest BCUT2D eigenvalue weighted by molar-refractivity contribution is 7.71. The van der Waals surface area contributed by atoms with Gasteiger partial charge in [0.05, 0.1) is 12.2 Å². The van der Waals surface area contributed by atoms with Gasteiger partial charge in [0.2, 0.25) is 0 Å². The van der Waals surface area contributed by atoms with Crippen LogP contribution in [0.3, 0.4) is 0 Å². The maximum Gasteiger partial charge on any atom is 0.141 e. The minimum Gasteiger partial charge on any atom is -0.370 e. The molecule has 2 aromatic rings. The van der Waals surface area contributed by atoms with E-state index >= 15 is 0 Å². The fourth-order valence-corrected chi connectivity index (χ4v) is 4.01. The zero-order valence-electron chi connectivity index (χ0n) is 17.0. The summed E-state index contributed by atoms with van der Waals surface area (Å²) >= 11 is 5.64. The molecule has 0 unspecified atom stereocenters. The minimum absolute atomic E-state index is 0.176. The number of fused-ring (bicyclic) bond motifs is 1. The SMILES string of the molecule is CCN(CC)CCCn1c(-c2ccccc2)nc(=S)c2c1CC(C)(C)OC2. The van der Waals surface area contributed by atoms with E-state index in [9.17, 15) is 0 Å². The largest absolute Gasteiger partial charge is 0.370 e. The first-order valence-corrected chi connectivity index (χ1v) is 10.4. The fourth-order valence-electron chi connectivity index (χ4n) is 3.75. The zero-order valence-corrected chi connectivity index (χ0v) is 17.8. The molecule has 1 aliphatic rings. The van der Waals surface area contributed by atoms with Crippen LogP contribution in [0.25, 0.3) is 11.4 Å². The second-order valence-corrected chi connectivity index (χ2v) is 8.18. The van der Waals surface area contributed by atoms with Gasteiger partial charge in [-0.2, -0.15) is 0 Å². The lowest BCUT2D eigenvalue weighted by atomic mass is 9.95. The van der Waals surface area contributed by atoms with Crippen molar-refractivity contribution in [3.63, 3.8) is 0 Å². The van der Waals surface area contributed by atoms with E-state index in [0.29, 0.717) is 11.2 Å². The van der Waals surface area contributed by atoms with E-state index in [0.717, 1.165) is 56.0 Å². The first kappa shape index (κ1) is 20.2. The van der Waals surface area contributed by atoms with Crippen LogP contribution >= 0.6 is 12.2 Å². The van der Waals surface area contributed by atoms with E-state index in [1.165, 1.54) is 5.69 Å². The molecule has 0 bridgehead atoms. The van der Waals surface area contributed by atoms with Crippen LogP contribution in [0, 0.1) is 4.64 Å². The predicted molar refractivity (Wildman–Crippen MR) is 113 cm³/mol. The van der Waals surface area contributed by atoms with Crippen LogP contribution in [0.1, 0.15) is 45.4 Å². The van der Waals surface area contributed by atoms with E-state index < -0.39 is 0 Å². The molecule has 4 nitrogen and oxygen atoms in total. The van der Waals surface area contributed by atoms with Crippen molar-refractivity contribution in [3.8, 4) is 11.4 Å². The van der Waals surface area contributed by atoms with E-state index in [4.69, 9.17) is 21.9 Å². The second-order valence-electron chi connectivity index (χ2n) is 7.79. The van der Waals surface area contributed by atoms with Crippen LogP contribution in [0.2, 0.25) is 0 Å². The van der Waals surface area contributed by atoms with Crippen molar-refractivity contribution in [2.45, 2.75) is 59.3 Å². The molecular weight excluding hydrogens is 354 g/mol. The molecule has 1 aromatic heterocycles. The Hall–Kier alpha value is -1.56. The number of ether oxygens (including phenoxy) is 1. The molecule has 0 aliphatic carbocycles. The third-order valence-electron chi connectivity index (χ3n) is 5.38. The molecule has 1 aliphatic heterocycles. The fraction of sp³-hybridized carbons (Fsp3) is 0.545. The van der Waals surface area contributed by atoms with Crippen molar-refractivity contribution in [3.05, 3.63) is 46.2 Å². The Morgan fingerprint density at radius 2 is 1.89 bits per heavy atom. The van der Waals surface area contributed by atoms with Gasteiger partial charge in [-0.3, -0.25) is 0 Å². The van der Waals surface area contributed by atoms with Gasteiger partial charge >= 0.3 is 0 Å². The van der Waals surface area contributed by atoms with Gasteiger partial charge in [-0.05, 0) is 39.9 Å². The first-order valence-electron chi connectivity index (χ1n) is 9.99. The second kappa shape index (κ2) is 8.63.